The minimum Gasteiger partial charge on any atom is -0.520 e. The molecule has 1 rings (SSSR count). The maximum Gasteiger partial charge on any atom is 0.515 e. The number of rotatable bonds is 4. The first kappa shape index (κ1) is 12.8. The normalized spacial score (nSPS) is 11.2. The van der Waals surface area contributed by atoms with Crippen molar-refractivity contribution < 1.29 is 22.6 Å². The van der Waals surface area contributed by atoms with E-state index in [1.165, 1.54) is 6.07 Å². The molecule has 0 aliphatic carbocycles. The monoisotopic (exact) mass is 298 g/mol. The van der Waals surface area contributed by atoms with Crippen LogP contribution in [0.2, 0.25) is 0 Å². The van der Waals surface area contributed by atoms with Gasteiger partial charge in [-0.3, -0.25) is 10.1 Å². The van der Waals surface area contributed by atoms with Gasteiger partial charge >= 0.3 is 6.98 Å². The molecule has 0 saturated heterocycles. The van der Waals surface area contributed by atoms with Crippen LogP contribution in [0.1, 0.15) is 0 Å². The quantitative estimate of drug-likeness (QED) is 0.487. The Hall–Kier alpha value is -1.25. The van der Waals surface area contributed by atoms with Gasteiger partial charge in [0.25, 0.3) is 5.69 Å². The Morgan fingerprint density at radius 1 is 1.44 bits per heavy atom. The minimum atomic E-state index is -5.08. The van der Waals surface area contributed by atoms with E-state index in [-0.39, 0.29) is 15.9 Å². The van der Waals surface area contributed by atoms with Crippen LogP contribution in [0.25, 0.3) is 0 Å². The lowest BCUT2D eigenvalue weighted by Crippen LogP contribution is -2.26. The molecule has 0 radical (unpaired) electrons. The topological polar surface area (TPSA) is 52.4 Å². The van der Waals surface area contributed by atoms with Crippen LogP contribution in [0.3, 0.4) is 0 Å². The van der Waals surface area contributed by atoms with Crippen LogP contribution >= 0.6 is 15.9 Å². The van der Waals surface area contributed by atoms with Crippen LogP contribution in [0.5, 0.6) is 5.75 Å². The van der Waals surface area contributed by atoms with Crippen molar-refractivity contribution in [3.05, 3.63) is 32.8 Å². The summed E-state index contributed by atoms with van der Waals surface area (Å²) in [4.78, 5) is 9.67. The summed E-state index contributed by atoms with van der Waals surface area (Å²) in [6.45, 7) is -6.52. The molecule has 0 spiro atoms. The molecule has 0 aliphatic rings. The molecule has 0 fully saturated rings. The number of halogens is 4. The summed E-state index contributed by atoms with van der Waals surface area (Å²) in [5, 5.41) is 10.4. The molecule has 1 aromatic carbocycles. The third-order valence-corrected chi connectivity index (χ3v) is 2.21. The predicted octanol–water partition coefficient (Wildman–Crippen LogP) is 3.12. The summed E-state index contributed by atoms with van der Waals surface area (Å²) in [7, 11) is 0. The molecule has 0 amide bonds. The summed E-state index contributed by atoms with van der Waals surface area (Å²) in [6.07, 6.45) is 0. The Labute approximate surface area is 96.7 Å². The molecular weight excluding hydrogens is 294 g/mol. The first-order valence-electron chi connectivity index (χ1n) is 4.07. The molecule has 0 heterocycles. The van der Waals surface area contributed by atoms with Gasteiger partial charge in [0, 0.05) is 6.07 Å². The van der Waals surface area contributed by atoms with Gasteiger partial charge in [-0.25, -0.2) is 0 Å². The summed E-state index contributed by atoms with van der Waals surface area (Å²) >= 11 is 2.94. The van der Waals surface area contributed by atoms with Crippen LogP contribution in [0.4, 0.5) is 18.6 Å². The molecular formula is C7H5BBrF3NO3-. The van der Waals surface area contributed by atoms with Gasteiger partial charge in [-0.2, -0.15) is 0 Å². The minimum absolute atomic E-state index is 0.201. The van der Waals surface area contributed by atoms with Crippen LogP contribution in [-0.4, -0.2) is 18.4 Å². The van der Waals surface area contributed by atoms with Gasteiger partial charge in [0.1, 0.15) is 5.75 Å². The Bertz CT molecular complexity index is 412. The fourth-order valence-electron chi connectivity index (χ4n) is 0.900. The molecule has 0 unspecified atom stereocenters. The predicted molar refractivity (Wildman–Crippen MR) is 55.4 cm³/mol. The fourth-order valence-corrected chi connectivity index (χ4v) is 1.26. The molecule has 16 heavy (non-hydrogen) atoms. The van der Waals surface area contributed by atoms with E-state index in [1.807, 2.05) is 0 Å². The average molecular weight is 299 g/mol. The molecule has 9 heteroatoms. The number of non-ortho nitro benzene ring substituents is 1. The highest BCUT2D eigenvalue weighted by Crippen LogP contribution is 2.29. The SMILES string of the molecule is O=[N+]([O-])c1ccc(Br)c(OC[B-](F)(F)F)c1. The van der Waals surface area contributed by atoms with E-state index in [2.05, 4.69) is 20.7 Å². The van der Waals surface area contributed by atoms with E-state index in [0.717, 1.165) is 12.1 Å². The lowest BCUT2D eigenvalue weighted by molar-refractivity contribution is -0.384. The van der Waals surface area contributed by atoms with Crippen molar-refractivity contribution in [3.8, 4) is 5.75 Å². The number of ether oxygens (including phenoxy) is 1. The van der Waals surface area contributed by atoms with Gasteiger partial charge < -0.3 is 17.7 Å². The summed E-state index contributed by atoms with van der Waals surface area (Å²) < 4.78 is 40.4. The summed E-state index contributed by atoms with van der Waals surface area (Å²) in [6, 6.07) is 3.36. The second-order valence-electron chi connectivity index (χ2n) is 2.89. The molecule has 0 atom stereocenters. The molecule has 0 saturated carbocycles. The van der Waals surface area contributed by atoms with Gasteiger partial charge in [0.2, 0.25) is 0 Å². The molecule has 0 bridgehead atoms. The summed E-state index contributed by atoms with van der Waals surface area (Å²) in [5.74, 6) is -0.201. The first-order valence-corrected chi connectivity index (χ1v) is 4.86. The Kier molecular flexibility index (Phi) is 3.79. The average Bonchev–Trinajstić information content (AvgIpc) is 2.14. The van der Waals surface area contributed by atoms with E-state index < -0.39 is 18.4 Å². The van der Waals surface area contributed by atoms with Gasteiger partial charge in [-0.05, 0) is 22.0 Å². The highest BCUT2D eigenvalue weighted by atomic mass is 79.9. The Morgan fingerprint density at radius 3 is 2.56 bits per heavy atom. The van der Waals surface area contributed by atoms with Crippen molar-refractivity contribution in [3.63, 3.8) is 0 Å². The van der Waals surface area contributed by atoms with E-state index in [4.69, 9.17) is 0 Å². The third kappa shape index (κ3) is 3.72. The van der Waals surface area contributed by atoms with Gasteiger partial charge in [-0.15, -0.1) is 0 Å². The largest absolute Gasteiger partial charge is 0.520 e. The Balaban J connectivity index is 2.86. The van der Waals surface area contributed by atoms with Crippen molar-refractivity contribution in [2.24, 2.45) is 0 Å². The van der Waals surface area contributed by atoms with E-state index in [9.17, 15) is 23.1 Å². The van der Waals surface area contributed by atoms with Crippen LogP contribution in [0, 0.1) is 10.1 Å². The fraction of sp³-hybridized carbons (Fsp3) is 0.143. The lowest BCUT2D eigenvalue weighted by Gasteiger charge is -2.15. The van der Waals surface area contributed by atoms with E-state index >= 15 is 0 Å². The van der Waals surface area contributed by atoms with E-state index in [0.29, 0.717) is 0 Å². The number of hydrogen-bond donors (Lipinski definition) is 0. The summed E-state index contributed by atoms with van der Waals surface area (Å²) in [5.41, 5.74) is -0.326. The molecule has 0 N–H and O–H groups in total. The zero-order valence-electron chi connectivity index (χ0n) is 7.70. The van der Waals surface area contributed by atoms with Crippen LogP contribution in [-0.2, 0) is 0 Å². The van der Waals surface area contributed by atoms with Gasteiger partial charge in [-0.1, -0.05) is 0 Å². The number of nitro benzene ring substituents is 1. The lowest BCUT2D eigenvalue weighted by atomic mass is 9.95. The maximum atomic E-state index is 11.9. The van der Waals surface area contributed by atoms with Crippen molar-refractivity contribution in [1.29, 1.82) is 0 Å². The molecule has 4 nitrogen and oxygen atoms in total. The molecule has 1 aromatic rings. The Morgan fingerprint density at radius 2 is 2.06 bits per heavy atom. The molecule has 0 aliphatic heterocycles. The second-order valence-corrected chi connectivity index (χ2v) is 3.75. The maximum absolute atomic E-state index is 11.9. The van der Waals surface area contributed by atoms with Gasteiger partial charge in [0.15, 0.2) is 0 Å². The first-order chi connectivity index (χ1) is 7.29. The molecule has 88 valence electrons. The third-order valence-electron chi connectivity index (χ3n) is 1.55. The zero-order chi connectivity index (χ0) is 12.3. The zero-order valence-corrected chi connectivity index (χ0v) is 9.29. The van der Waals surface area contributed by atoms with Gasteiger partial charge in [0.05, 0.1) is 22.0 Å². The number of hydrogen-bond acceptors (Lipinski definition) is 3. The standard InChI is InChI=1S/C7H5BBrF3NO3/c9-6-2-1-5(13(14)15)3-7(6)16-4-8(10,11)12/h1-3H,4H2/q-1. The van der Waals surface area contributed by atoms with Crippen molar-refractivity contribution in [2.75, 3.05) is 6.51 Å². The van der Waals surface area contributed by atoms with Crippen molar-refractivity contribution in [1.82, 2.24) is 0 Å². The number of nitrogens with zero attached hydrogens (tertiary/aromatic N) is 1. The number of benzene rings is 1. The smallest absolute Gasteiger partial charge is 0.515 e. The highest BCUT2D eigenvalue weighted by molar-refractivity contribution is 9.10. The second kappa shape index (κ2) is 4.73. The molecule has 0 aromatic heterocycles. The van der Waals surface area contributed by atoms with E-state index in [1.54, 1.807) is 0 Å². The van der Waals surface area contributed by atoms with Crippen molar-refractivity contribution in [2.45, 2.75) is 0 Å². The highest BCUT2D eigenvalue weighted by Gasteiger charge is 2.25. The number of nitro groups is 1. The van der Waals surface area contributed by atoms with Crippen LogP contribution in [0.15, 0.2) is 22.7 Å². The van der Waals surface area contributed by atoms with Crippen molar-refractivity contribution >= 4 is 28.6 Å². The van der Waals surface area contributed by atoms with Crippen LogP contribution < -0.4 is 4.74 Å².